The van der Waals surface area contributed by atoms with Crippen molar-refractivity contribution in [1.29, 1.82) is 0 Å². The lowest BCUT2D eigenvalue weighted by molar-refractivity contribution is -0.110. The van der Waals surface area contributed by atoms with Gasteiger partial charge in [-0.25, -0.2) is 0 Å². The minimum absolute atomic E-state index is 0.0482. The third kappa shape index (κ3) is 2.86. The number of halogens is 1. The van der Waals surface area contributed by atoms with Gasteiger partial charge < -0.3 is 5.32 Å². The van der Waals surface area contributed by atoms with Crippen LogP contribution in [0.3, 0.4) is 0 Å². The Labute approximate surface area is 139 Å². The average Bonchev–Trinajstić information content (AvgIpc) is 2.75. The molecule has 0 saturated carbocycles. The molecule has 1 N–H and O–H groups in total. The summed E-state index contributed by atoms with van der Waals surface area (Å²) < 4.78 is 0.969. The Morgan fingerprint density at radius 2 is 1.73 bits per heavy atom. The fourth-order valence-electron chi connectivity index (χ4n) is 2.55. The number of nitrogens with one attached hydrogen (secondary N) is 1. The fraction of sp³-hybridized carbons (Fsp3) is 0.211. The number of carbonyl (C=O) groups is 1. The van der Waals surface area contributed by atoms with Crippen LogP contribution in [-0.4, -0.2) is 5.91 Å². The van der Waals surface area contributed by atoms with Crippen molar-refractivity contribution in [3.8, 4) is 0 Å². The lowest BCUT2D eigenvalue weighted by atomic mass is 9.86. The Bertz CT molecular complexity index is 767. The molecular weight excluding hydrogens is 338 g/mol. The Morgan fingerprint density at radius 1 is 1.05 bits per heavy atom. The highest BCUT2D eigenvalue weighted by atomic mass is 79.9. The van der Waals surface area contributed by atoms with Gasteiger partial charge >= 0.3 is 0 Å². The van der Waals surface area contributed by atoms with Crippen LogP contribution >= 0.6 is 15.9 Å². The number of hydrogen-bond acceptors (Lipinski definition) is 1. The van der Waals surface area contributed by atoms with Crippen LogP contribution in [0.15, 0.2) is 46.9 Å². The van der Waals surface area contributed by atoms with E-state index in [1.54, 1.807) is 0 Å². The first-order valence-electron chi connectivity index (χ1n) is 7.28. The van der Waals surface area contributed by atoms with E-state index in [-0.39, 0.29) is 11.3 Å². The van der Waals surface area contributed by atoms with Crippen molar-refractivity contribution in [2.24, 2.45) is 0 Å². The van der Waals surface area contributed by atoms with Crippen LogP contribution in [0.5, 0.6) is 0 Å². The Balaban J connectivity index is 1.99. The number of benzene rings is 2. The van der Waals surface area contributed by atoms with Gasteiger partial charge in [0.15, 0.2) is 0 Å². The molecule has 0 saturated heterocycles. The van der Waals surface area contributed by atoms with Crippen LogP contribution in [0.2, 0.25) is 0 Å². The highest BCUT2D eigenvalue weighted by molar-refractivity contribution is 9.10. The molecule has 1 amide bonds. The van der Waals surface area contributed by atoms with E-state index in [9.17, 15) is 4.79 Å². The SMILES string of the molecule is CC(C)(C)c1ccc(C=C2C(=O)Nc3ccc(Br)cc32)cc1. The summed E-state index contributed by atoms with van der Waals surface area (Å²) in [6.45, 7) is 6.58. The summed E-state index contributed by atoms with van der Waals surface area (Å²) in [7, 11) is 0. The van der Waals surface area contributed by atoms with E-state index in [4.69, 9.17) is 0 Å². The zero-order valence-electron chi connectivity index (χ0n) is 12.9. The molecule has 1 heterocycles. The van der Waals surface area contributed by atoms with Crippen molar-refractivity contribution >= 4 is 39.2 Å². The minimum Gasteiger partial charge on any atom is -0.321 e. The summed E-state index contributed by atoms with van der Waals surface area (Å²) in [4.78, 5) is 12.2. The van der Waals surface area contributed by atoms with E-state index in [0.29, 0.717) is 5.57 Å². The van der Waals surface area contributed by atoms with Gasteiger partial charge in [-0.1, -0.05) is 61.0 Å². The largest absolute Gasteiger partial charge is 0.321 e. The Kier molecular flexibility index (Phi) is 3.69. The molecule has 3 heteroatoms. The molecule has 0 aliphatic carbocycles. The monoisotopic (exact) mass is 355 g/mol. The zero-order valence-corrected chi connectivity index (χ0v) is 14.5. The van der Waals surface area contributed by atoms with Gasteiger partial charge in [-0.05, 0) is 40.8 Å². The quantitative estimate of drug-likeness (QED) is 0.696. The normalized spacial score (nSPS) is 15.8. The molecule has 0 atom stereocenters. The van der Waals surface area contributed by atoms with Crippen molar-refractivity contribution in [2.75, 3.05) is 5.32 Å². The van der Waals surface area contributed by atoms with Gasteiger partial charge in [0.1, 0.15) is 0 Å². The van der Waals surface area contributed by atoms with Gasteiger partial charge in [-0.2, -0.15) is 0 Å². The third-order valence-corrected chi connectivity index (χ3v) is 4.35. The molecule has 0 spiro atoms. The van der Waals surface area contributed by atoms with Crippen LogP contribution in [-0.2, 0) is 10.2 Å². The number of anilines is 1. The highest BCUT2D eigenvalue weighted by Gasteiger charge is 2.24. The highest BCUT2D eigenvalue weighted by Crippen LogP contribution is 2.35. The summed E-state index contributed by atoms with van der Waals surface area (Å²) in [5.74, 6) is -0.0482. The predicted octanol–water partition coefficient (Wildman–Crippen LogP) is 5.24. The lowest BCUT2D eigenvalue weighted by Gasteiger charge is -2.18. The summed E-state index contributed by atoms with van der Waals surface area (Å²) in [6.07, 6.45) is 1.94. The van der Waals surface area contributed by atoms with E-state index in [2.05, 4.69) is 66.3 Å². The number of rotatable bonds is 1. The first-order valence-corrected chi connectivity index (χ1v) is 8.07. The van der Waals surface area contributed by atoms with Gasteiger partial charge in [0.05, 0.1) is 0 Å². The van der Waals surface area contributed by atoms with E-state index >= 15 is 0 Å². The van der Waals surface area contributed by atoms with Crippen molar-refractivity contribution in [1.82, 2.24) is 0 Å². The second-order valence-electron chi connectivity index (χ2n) is 6.57. The molecule has 0 unspecified atom stereocenters. The maximum atomic E-state index is 12.2. The van der Waals surface area contributed by atoms with Crippen molar-refractivity contribution in [2.45, 2.75) is 26.2 Å². The Hall–Kier alpha value is -1.87. The summed E-state index contributed by atoms with van der Waals surface area (Å²) in [5.41, 5.74) is 4.97. The molecular formula is C19H18BrNO. The topological polar surface area (TPSA) is 29.1 Å². The molecule has 0 bridgehead atoms. The van der Waals surface area contributed by atoms with E-state index < -0.39 is 0 Å². The average molecular weight is 356 g/mol. The molecule has 112 valence electrons. The standard InChI is InChI=1S/C19H18BrNO/c1-19(2,3)13-6-4-12(5-7-13)10-16-15-11-14(20)8-9-17(15)21-18(16)22/h4-11H,1-3H3,(H,21,22). The van der Waals surface area contributed by atoms with Crippen molar-refractivity contribution < 1.29 is 4.79 Å². The first kappa shape index (κ1) is 15.0. The Morgan fingerprint density at radius 3 is 2.36 bits per heavy atom. The first-order chi connectivity index (χ1) is 10.3. The molecule has 0 radical (unpaired) electrons. The smallest absolute Gasteiger partial charge is 0.256 e. The fourth-order valence-corrected chi connectivity index (χ4v) is 2.91. The maximum absolute atomic E-state index is 12.2. The number of hydrogen-bond donors (Lipinski definition) is 1. The molecule has 3 rings (SSSR count). The van der Waals surface area contributed by atoms with Gasteiger partial charge in [0.25, 0.3) is 5.91 Å². The van der Waals surface area contributed by atoms with Crippen LogP contribution in [0, 0.1) is 0 Å². The van der Waals surface area contributed by atoms with E-state index in [0.717, 1.165) is 21.3 Å². The molecule has 2 aromatic carbocycles. The van der Waals surface area contributed by atoms with Crippen molar-refractivity contribution in [3.05, 3.63) is 63.6 Å². The van der Waals surface area contributed by atoms with E-state index in [1.807, 2.05) is 24.3 Å². The van der Waals surface area contributed by atoms with Crippen LogP contribution < -0.4 is 5.32 Å². The third-order valence-electron chi connectivity index (χ3n) is 3.85. The summed E-state index contributed by atoms with van der Waals surface area (Å²) in [6, 6.07) is 14.2. The van der Waals surface area contributed by atoms with Crippen molar-refractivity contribution in [3.63, 3.8) is 0 Å². The molecule has 0 fully saturated rings. The predicted molar refractivity (Wildman–Crippen MR) is 95.8 cm³/mol. The molecule has 2 aromatic rings. The minimum atomic E-state index is -0.0482. The van der Waals surface area contributed by atoms with Gasteiger partial charge in [0, 0.05) is 21.3 Å². The maximum Gasteiger partial charge on any atom is 0.256 e. The molecule has 2 nitrogen and oxygen atoms in total. The lowest BCUT2D eigenvalue weighted by Crippen LogP contribution is -2.10. The molecule has 0 aromatic heterocycles. The number of fused-ring (bicyclic) bond motifs is 1. The summed E-state index contributed by atoms with van der Waals surface area (Å²) in [5, 5.41) is 2.90. The van der Waals surface area contributed by atoms with Gasteiger partial charge in [0.2, 0.25) is 0 Å². The second-order valence-corrected chi connectivity index (χ2v) is 7.49. The number of amides is 1. The van der Waals surface area contributed by atoms with Gasteiger partial charge in [-0.3, -0.25) is 4.79 Å². The van der Waals surface area contributed by atoms with Crippen LogP contribution in [0.1, 0.15) is 37.5 Å². The summed E-state index contributed by atoms with van der Waals surface area (Å²) >= 11 is 3.46. The number of carbonyl (C=O) groups excluding carboxylic acids is 1. The van der Waals surface area contributed by atoms with E-state index in [1.165, 1.54) is 5.56 Å². The van der Waals surface area contributed by atoms with Gasteiger partial charge in [-0.15, -0.1) is 0 Å². The van der Waals surface area contributed by atoms with Crippen LogP contribution in [0.25, 0.3) is 11.6 Å². The molecule has 22 heavy (non-hydrogen) atoms. The molecule has 1 aliphatic heterocycles. The molecule has 1 aliphatic rings. The van der Waals surface area contributed by atoms with Crippen LogP contribution in [0.4, 0.5) is 5.69 Å². The second kappa shape index (κ2) is 5.40. The zero-order chi connectivity index (χ0) is 15.9.